The minimum Gasteiger partial charge on any atom is -0.477 e. The van der Waals surface area contributed by atoms with Crippen LogP contribution in [0.4, 0.5) is 0 Å². The predicted octanol–water partition coefficient (Wildman–Crippen LogP) is 1.61. The highest BCUT2D eigenvalue weighted by atomic mass is 16.8. The quantitative estimate of drug-likeness (QED) is 0.0305. The Morgan fingerprint density at radius 2 is 1.19 bits per heavy atom. The van der Waals surface area contributed by atoms with E-state index >= 15 is 0 Å². The first kappa shape index (κ1) is 69.7. The van der Waals surface area contributed by atoms with E-state index in [0.717, 1.165) is 51.9 Å². The lowest BCUT2D eigenvalue weighted by molar-refractivity contribution is -0.386. The number of amides is 2. The predicted molar refractivity (Wildman–Crippen MR) is 283 cm³/mol. The van der Waals surface area contributed by atoms with E-state index in [0.29, 0.717) is 12.8 Å². The molecule has 14 N–H and O–H groups in total. The van der Waals surface area contributed by atoms with Crippen molar-refractivity contribution in [3.8, 4) is 0 Å². The molecule has 3 heterocycles. The summed E-state index contributed by atoms with van der Waals surface area (Å²) < 4.78 is 34.6. The molecule has 23 heteroatoms. The Morgan fingerprint density at radius 3 is 1.71 bits per heavy atom. The number of carbonyl (C=O) groups excluding carboxylic acids is 2. The highest BCUT2D eigenvalue weighted by Crippen LogP contribution is 2.38. The van der Waals surface area contributed by atoms with E-state index in [-0.39, 0.29) is 12.3 Å². The van der Waals surface area contributed by atoms with Crippen LogP contribution in [0.2, 0.25) is 0 Å². The molecule has 2 amide bonds. The lowest BCUT2D eigenvalue weighted by Gasteiger charge is -2.50. The van der Waals surface area contributed by atoms with Crippen LogP contribution in [-0.2, 0) is 42.8 Å². The van der Waals surface area contributed by atoms with E-state index in [2.05, 4.69) is 24.5 Å². The molecule has 78 heavy (non-hydrogen) atoms. The van der Waals surface area contributed by atoms with Crippen LogP contribution in [0, 0.1) is 0 Å². The first-order chi connectivity index (χ1) is 37.4. The van der Waals surface area contributed by atoms with Crippen LogP contribution in [0.3, 0.4) is 0 Å². The van der Waals surface area contributed by atoms with Gasteiger partial charge in [0.2, 0.25) is 11.8 Å². The Morgan fingerprint density at radius 1 is 0.667 bits per heavy atom. The molecule has 3 saturated heterocycles. The van der Waals surface area contributed by atoms with Crippen molar-refractivity contribution < 1.29 is 104 Å². The van der Waals surface area contributed by atoms with Crippen LogP contribution in [0.1, 0.15) is 181 Å². The third kappa shape index (κ3) is 23.0. The van der Waals surface area contributed by atoms with Gasteiger partial charge in [0.1, 0.15) is 67.1 Å². The van der Waals surface area contributed by atoms with Crippen molar-refractivity contribution in [2.75, 3.05) is 26.4 Å². The first-order valence-corrected chi connectivity index (χ1v) is 29.1. The molecule has 456 valence electrons. The number of ether oxygens (including phenoxy) is 6. The highest BCUT2D eigenvalue weighted by molar-refractivity contribution is 5.77. The summed E-state index contributed by atoms with van der Waals surface area (Å²) in [6.07, 6.45) is 0.127. The van der Waals surface area contributed by atoms with Crippen molar-refractivity contribution in [3.63, 3.8) is 0 Å². The zero-order valence-electron chi connectivity index (χ0n) is 46.5. The Kier molecular flexibility index (Phi) is 34.2. The third-order valence-corrected chi connectivity index (χ3v) is 15.0. The van der Waals surface area contributed by atoms with Crippen LogP contribution in [0.5, 0.6) is 0 Å². The number of allylic oxidation sites excluding steroid dienone is 1. The Balaban J connectivity index is 1.70. The normalized spacial score (nSPS) is 31.2. The van der Waals surface area contributed by atoms with E-state index in [1.54, 1.807) is 6.08 Å². The Bertz CT molecular complexity index is 1670. The van der Waals surface area contributed by atoms with Gasteiger partial charge in [0.15, 0.2) is 12.6 Å². The molecule has 0 aromatic heterocycles. The minimum absolute atomic E-state index is 0.203. The van der Waals surface area contributed by atoms with Crippen LogP contribution in [-0.4, -0.2) is 215 Å². The van der Waals surface area contributed by atoms with E-state index < -0.39 is 155 Å². The van der Waals surface area contributed by atoms with Crippen molar-refractivity contribution in [1.82, 2.24) is 10.6 Å². The number of aliphatic hydroxyl groups is 11. The van der Waals surface area contributed by atoms with Crippen molar-refractivity contribution in [3.05, 3.63) is 12.2 Å². The minimum atomic E-state index is -3.08. The van der Waals surface area contributed by atoms with Gasteiger partial charge in [-0.3, -0.25) is 9.59 Å². The van der Waals surface area contributed by atoms with Gasteiger partial charge in [-0.15, -0.1) is 0 Å². The molecule has 0 spiro atoms. The van der Waals surface area contributed by atoms with Crippen LogP contribution in [0.25, 0.3) is 0 Å². The van der Waals surface area contributed by atoms with Crippen molar-refractivity contribution in [2.24, 2.45) is 0 Å². The molecule has 0 radical (unpaired) electrons. The summed E-state index contributed by atoms with van der Waals surface area (Å²) in [7, 11) is 0. The number of carbonyl (C=O) groups is 3. The molecule has 0 aromatic rings. The fourth-order valence-corrected chi connectivity index (χ4v) is 10.2. The van der Waals surface area contributed by atoms with E-state index in [9.17, 15) is 75.7 Å². The van der Waals surface area contributed by atoms with E-state index in [1.165, 1.54) is 89.9 Å². The lowest BCUT2D eigenvalue weighted by atomic mass is 9.88. The first-order valence-electron chi connectivity index (χ1n) is 29.1. The molecule has 0 aromatic carbocycles. The standard InChI is InChI=1S/C55H100N2O21/c1-4-6-8-10-12-14-16-17-19-20-22-24-26-28-37(62)36(57-42(65)29-27-25-23-21-18-15-13-11-9-7-5-2)34-73-52-47(69)46(68)49(41(33-60)75-52)76-53-48(70)51(45(67)40(32-59)74-53)78-55(54(71)72)30-38(63)43(56-35(3)61)50(77-55)44(66)39(64)31-58/h26,28,36-41,43-53,58-60,62-64,66-70H,4-25,27,29-34H2,1-3H3,(H,56,61)(H,57,65)(H,71,72)/b28-26+. The van der Waals surface area contributed by atoms with Crippen LogP contribution < -0.4 is 10.6 Å². The SMILES string of the molecule is CCCCCCCCCCCCC/C=C/C(O)C(COC1OC(CO)C(OC2OC(CO)C(O)C(OC3(C(=O)O)CC(O)C(NC(C)=O)C(C(O)C(O)CO)O3)C2O)C(O)C1O)NC(=O)CCCCCCCCCCCCC. The second-order valence-corrected chi connectivity index (χ2v) is 21.5. The highest BCUT2D eigenvalue weighted by Gasteiger charge is 2.60. The average Bonchev–Trinajstić information content (AvgIpc) is 3.49. The number of rotatable bonds is 41. The van der Waals surface area contributed by atoms with Gasteiger partial charge in [0.25, 0.3) is 5.79 Å². The average molecular weight is 1130 g/mol. The smallest absolute Gasteiger partial charge is 0.364 e. The number of nitrogens with one attached hydrogen (secondary N) is 2. The molecular formula is C55H100N2O21. The number of aliphatic carboxylic acids is 1. The second kappa shape index (κ2) is 38.3. The summed E-state index contributed by atoms with van der Waals surface area (Å²) >= 11 is 0. The maximum Gasteiger partial charge on any atom is 0.364 e. The summed E-state index contributed by atoms with van der Waals surface area (Å²) in [5.74, 6) is -6.14. The molecule has 3 aliphatic rings. The van der Waals surface area contributed by atoms with Crippen molar-refractivity contribution in [1.29, 1.82) is 0 Å². The molecule has 3 fully saturated rings. The number of hydrogen-bond donors (Lipinski definition) is 14. The molecule has 0 saturated carbocycles. The fourth-order valence-electron chi connectivity index (χ4n) is 10.2. The molecule has 3 rings (SSSR count). The fraction of sp³-hybridized carbons (Fsp3) is 0.909. The molecule has 3 aliphatic heterocycles. The number of hydrogen-bond acceptors (Lipinski definition) is 20. The summed E-state index contributed by atoms with van der Waals surface area (Å²) in [6.45, 7) is 2.06. The maximum absolute atomic E-state index is 13.3. The monoisotopic (exact) mass is 1120 g/mol. The van der Waals surface area contributed by atoms with Gasteiger partial charge in [-0.2, -0.15) is 0 Å². The van der Waals surface area contributed by atoms with Gasteiger partial charge >= 0.3 is 5.97 Å². The largest absolute Gasteiger partial charge is 0.477 e. The lowest BCUT2D eigenvalue weighted by Crippen LogP contribution is -2.70. The number of carboxylic acids is 1. The molecule has 0 aliphatic carbocycles. The maximum atomic E-state index is 13.3. The van der Waals surface area contributed by atoms with E-state index in [4.69, 9.17) is 28.4 Å². The molecule has 18 unspecified atom stereocenters. The topological polar surface area (TPSA) is 373 Å². The van der Waals surface area contributed by atoms with Crippen molar-refractivity contribution >= 4 is 17.8 Å². The second-order valence-electron chi connectivity index (χ2n) is 21.5. The molecular weight excluding hydrogens is 1020 g/mol. The van der Waals surface area contributed by atoms with Gasteiger partial charge in [-0.25, -0.2) is 4.79 Å². The van der Waals surface area contributed by atoms with Gasteiger partial charge in [0, 0.05) is 19.8 Å². The summed E-state index contributed by atoms with van der Waals surface area (Å²) in [5, 5.41) is 135. The van der Waals surface area contributed by atoms with Gasteiger partial charge < -0.3 is 100 Å². The van der Waals surface area contributed by atoms with Gasteiger partial charge in [-0.1, -0.05) is 154 Å². The summed E-state index contributed by atoms with van der Waals surface area (Å²) in [5.41, 5.74) is 0. The van der Waals surface area contributed by atoms with Crippen LogP contribution >= 0.6 is 0 Å². The Hall–Kier alpha value is -2.53. The van der Waals surface area contributed by atoms with E-state index in [1.807, 2.05) is 6.08 Å². The number of unbranched alkanes of at least 4 members (excludes halogenated alkanes) is 21. The summed E-state index contributed by atoms with van der Waals surface area (Å²) in [6, 6.07) is -2.61. The van der Waals surface area contributed by atoms with Crippen molar-refractivity contribution in [2.45, 2.75) is 291 Å². The molecule has 0 bridgehead atoms. The zero-order chi connectivity index (χ0) is 57.6. The Labute approximate surface area is 461 Å². The number of carboxylic acid groups (broad SMARTS) is 1. The summed E-state index contributed by atoms with van der Waals surface area (Å²) in [4.78, 5) is 38.3. The van der Waals surface area contributed by atoms with Gasteiger partial charge in [-0.05, 0) is 19.3 Å². The van der Waals surface area contributed by atoms with Crippen LogP contribution in [0.15, 0.2) is 12.2 Å². The zero-order valence-corrected chi connectivity index (χ0v) is 46.5. The third-order valence-electron chi connectivity index (χ3n) is 15.0. The molecule has 23 nitrogen and oxygen atoms in total. The van der Waals surface area contributed by atoms with Gasteiger partial charge in [0.05, 0.1) is 50.7 Å². The molecule has 18 atom stereocenters. The number of aliphatic hydroxyl groups excluding tert-OH is 11.